The number of carbonyl (C=O) groups is 1. The summed E-state index contributed by atoms with van der Waals surface area (Å²) in [5.74, 6) is 1.97. The van der Waals surface area contributed by atoms with Gasteiger partial charge in [-0.15, -0.1) is 0 Å². The van der Waals surface area contributed by atoms with Crippen LogP contribution in [0.3, 0.4) is 0 Å². The van der Waals surface area contributed by atoms with Crippen molar-refractivity contribution in [1.82, 2.24) is 0 Å². The molecule has 0 aromatic heterocycles. The number of aliphatic hydroxyl groups is 1. The Bertz CT molecular complexity index is 638. The summed E-state index contributed by atoms with van der Waals surface area (Å²) >= 11 is 0. The predicted molar refractivity (Wildman–Crippen MR) is 96.5 cm³/mol. The Morgan fingerprint density at radius 1 is 1.12 bits per heavy atom. The van der Waals surface area contributed by atoms with Crippen LogP contribution in [0, 0.1) is 28.6 Å². The third-order valence-corrected chi connectivity index (χ3v) is 8.28. The molecule has 0 heterocycles. The zero-order valence-corrected chi connectivity index (χ0v) is 15.7. The number of rotatable bonds is 0. The molecule has 3 saturated carbocycles. The summed E-state index contributed by atoms with van der Waals surface area (Å²) < 4.78 is 0. The van der Waals surface area contributed by atoms with Gasteiger partial charge in [0.2, 0.25) is 0 Å². The number of carbonyl (C=O) groups excluding carboxylic acids is 1. The quantitative estimate of drug-likeness (QED) is 0.647. The van der Waals surface area contributed by atoms with Gasteiger partial charge in [-0.1, -0.05) is 30.6 Å². The van der Waals surface area contributed by atoms with E-state index in [2.05, 4.69) is 27.7 Å². The first-order valence-corrected chi connectivity index (χ1v) is 9.86. The molecule has 0 aliphatic heterocycles. The highest BCUT2D eigenvalue weighted by Crippen LogP contribution is 2.66. The van der Waals surface area contributed by atoms with Gasteiger partial charge in [0.25, 0.3) is 0 Å². The Balaban J connectivity index is 1.75. The van der Waals surface area contributed by atoms with Crippen LogP contribution >= 0.6 is 0 Å². The van der Waals surface area contributed by atoms with Crippen LogP contribution in [-0.4, -0.2) is 17.0 Å². The molecule has 0 radical (unpaired) electrons. The fourth-order valence-electron chi connectivity index (χ4n) is 7.32. The summed E-state index contributed by atoms with van der Waals surface area (Å²) in [6.45, 7) is 9.25. The van der Waals surface area contributed by atoms with E-state index in [1.54, 1.807) is 5.57 Å². The molecule has 2 nitrogen and oxygen atoms in total. The van der Waals surface area contributed by atoms with E-state index in [0.717, 1.165) is 25.7 Å². The van der Waals surface area contributed by atoms with E-state index in [1.807, 2.05) is 6.08 Å². The summed E-state index contributed by atoms with van der Waals surface area (Å²) in [6, 6.07) is 0. The van der Waals surface area contributed by atoms with Crippen LogP contribution in [0.15, 0.2) is 22.8 Å². The summed E-state index contributed by atoms with van der Waals surface area (Å²) in [7, 11) is 0. The second-order valence-corrected chi connectivity index (χ2v) is 9.59. The highest BCUT2D eigenvalue weighted by Gasteiger charge is 2.60. The lowest BCUT2D eigenvalue weighted by molar-refractivity contribution is -0.124. The topological polar surface area (TPSA) is 37.3 Å². The van der Waals surface area contributed by atoms with Crippen molar-refractivity contribution in [3.05, 3.63) is 22.8 Å². The molecule has 4 aliphatic carbocycles. The Morgan fingerprint density at radius 2 is 1.88 bits per heavy atom. The van der Waals surface area contributed by atoms with Crippen LogP contribution in [-0.2, 0) is 4.79 Å². The summed E-state index contributed by atoms with van der Waals surface area (Å²) in [6.07, 6.45) is 8.94. The molecule has 4 rings (SSSR count). The highest BCUT2D eigenvalue weighted by molar-refractivity contribution is 5.91. The van der Waals surface area contributed by atoms with Crippen molar-refractivity contribution >= 4 is 5.78 Å². The van der Waals surface area contributed by atoms with E-state index in [1.165, 1.54) is 24.0 Å². The summed E-state index contributed by atoms with van der Waals surface area (Å²) in [4.78, 5) is 11.9. The molecule has 0 unspecified atom stereocenters. The highest BCUT2D eigenvalue weighted by atomic mass is 16.3. The van der Waals surface area contributed by atoms with E-state index in [4.69, 9.17) is 0 Å². The van der Waals surface area contributed by atoms with Crippen molar-refractivity contribution in [2.24, 2.45) is 28.6 Å². The van der Waals surface area contributed by atoms with Gasteiger partial charge in [-0.05, 0) is 87.0 Å². The van der Waals surface area contributed by atoms with Crippen LogP contribution < -0.4 is 0 Å². The minimum atomic E-state index is -0.231. The molecule has 132 valence electrons. The fourth-order valence-corrected chi connectivity index (χ4v) is 7.32. The molecular weight excluding hydrogens is 296 g/mol. The summed E-state index contributed by atoms with van der Waals surface area (Å²) in [5, 5.41) is 11.3. The van der Waals surface area contributed by atoms with Crippen LogP contribution in [0.2, 0.25) is 0 Å². The SMILES string of the molecule is CC(C)=C1CC[C@H]2[C@@H]3CCC4=CC(=O)CC[C@]4(C)[C@H]3[C@@H](O)C[C@]12C. The molecule has 0 amide bonds. The number of hydrogen-bond donors (Lipinski definition) is 1. The van der Waals surface area contributed by atoms with Gasteiger partial charge in [0, 0.05) is 6.42 Å². The molecule has 2 heteroatoms. The van der Waals surface area contributed by atoms with Crippen molar-refractivity contribution in [1.29, 1.82) is 0 Å². The summed E-state index contributed by atoms with van der Waals surface area (Å²) in [5.41, 5.74) is 4.67. The van der Waals surface area contributed by atoms with Crippen molar-refractivity contribution in [2.45, 2.75) is 78.7 Å². The largest absolute Gasteiger partial charge is 0.393 e. The predicted octanol–water partition coefficient (Wildman–Crippen LogP) is 4.83. The van der Waals surface area contributed by atoms with E-state index >= 15 is 0 Å². The first-order chi connectivity index (χ1) is 11.3. The molecule has 0 saturated heterocycles. The number of allylic oxidation sites excluding steroid dienone is 3. The van der Waals surface area contributed by atoms with E-state index in [0.29, 0.717) is 30.0 Å². The van der Waals surface area contributed by atoms with Crippen LogP contribution in [0.5, 0.6) is 0 Å². The van der Waals surface area contributed by atoms with Gasteiger partial charge < -0.3 is 5.11 Å². The molecule has 6 atom stereocenters. The Kier molecular flexibility index (Phi) is 3.66. The minimum Gasteiger partial charge on any atom is -0.393 e. The second kappa shape index (κ2) is 5.30. The first-order valence-electron chi connectivity index (χ1n) is 9.86. The monoisotopic (exact) mass is 328 g/mol. The zero-order chi connectivity index (χ0) is 17.3. The van der Waals surface area contributed by atoms with Gasteiger partial charge in [0.15, 0.2) is 5.78 Å². The van der Waals surface area contributed by atoms with Crippen molar-refractivity contribution in [3.8, 4) is 0 Å². The molecule has 0 bridgehead atoms. The fraction of sp³-hybridized carbons (Fsp3) is 0.773. The van der Waals surface area contributed by atoms with Gasteiger partial charge in [0.1, 0.15) is 0 Å². The van der Waals surface area contributed by atoms with Crippen LogP contribution in [0.4, 0.5) is 0 Å². The number of hydrogen-bond acceptors (Lipinski definition) is 2. The lowest BCUT2D eigenvalue weighted by Gasteiger charge is -2.59. The lowest BCUT2D eigenvalue weighted by atomic mass is 9.46. The Labute approximate surface area is 146 Å². The average molecular weight is 328 g/mol. The maximum Gasteiger partial charge on any atom is 0.155 e. The van der Waals surface area contributed by atoms with Crippen LogP contribution in [0.1, 0.15) is 72.6 Å². The maximum absolute atomic E-state index is 11.9. The Morgan fingerprint density at radius 3 is 2.58 bits per heavy atom. The molecule has 0 spiro atoms. The molecule has 3 fully saturated rings. The van der Waals surface area contributed by atoms with Crippen LogP contribution in [0.25, 0.3) is 0 Å². The minimum absolute atomic E-state index is 0.0469. The molecule has 1 N–H and O–H groups in total. The van der Waals surface area contributed by atoms with Gasteiger partial charge in [0.05, 0.1) is 6.10 Å². The molecule has 24 heavy (non-hydrogen) atoms. The smallest absolute Gasteiger partial charge is 0.155 e. The first kappa shape index (κ1) is 16.6. The number of ketones is 1. The number of aliphatic hydroxyl groups excluding tert-OH is 1. The van der Waals surface area contributed by atoms with Gasteiger partial charge in [-0.3, -0.25) is 4.79 Å². The molecule has 4 aliphatic rings. The van der Waals surface area contributed by atoms with Gasteiger partial charge in [-0.2, -0.15) is 0 Å². The van der Waals surface area contributed by atoms with Crippen molar-refractivity contribution < 1.29 is 9.90 Å². The van der Waals surface area contributed by atoms with E-state index < -0.39 is 0 Å². The normalized spacial score (nSPS) is 47.6. The third-order valence-electron chi connectivity index (χ3n) is 8.28. The zero-order valence-electron chi connectivity index (χ0n) is 15.7. The maximum atomic E-state index is 11.9. The van der Waals surface area contributed by atoms with Crippen molar-refractivity contribution in [3.63, 3.8) is 0 Å². The van der Waals surface area contributed by atoms with Gasteiger partial charge in [-0.25, -0.2) is 0 Å². The molecular formula is C22H32O2. The Hall–Kier alpha value is -0.890. The standard InChI is InChI=1S/C22H32O2/c1-13(2)17-7-8-18-16-6-5-14-11-15(23)9-10-21(14,3)20(16)19(24)12-22(17,18)4/h11,16,18-20,24H,5-10,12H2,1-4H3/t16-,18-,19-,20+,21-,22+/m0/s1. The van der Waals surface area contributed by atoms with E-state index in [-0.39, 0.29) is 16.9 Å². The van der Waals surface area contributed by atoms with Gasteiger partial charge >= 0.3 is 0 Å². The second-order valence-electron chi connectivity index (χ2n) is 9.59. The van der Waals surface area contributed by atoms with Crippen molar-refractivity contribution in [2.75, 3.05) is 0 Å². The molecule has 0 aromatic rings. The number of fused-ring (bicyclic) bond motifs is 5. The molecule has 0 aromatic carbocycles. The lowest BCUT2D eigenvalue weighted by Crippen LogP contribution is -2.55. The third kappa shape index (κ3) is 2.08. The van der Waals surface area contributed by atoms with E-state index in [9.17, 15) is 9.90 Å². The average Bonchev–Trinajstić information content (AvgIpc) is 2.84.